The number of rotatable bonds is 3. The molecule has 0 spiro atoms. The minimum Gasteiger partial charge on any atom is -0.391 e. The van der Waals surface area contributed by atoms with E-state index in [1.807, 2.05) is 0 Å². The molecule has 0 fully saturated rings. The fraction of sp³-hybridized carbons (Fsp3) is 0.667. The van der Waals surface area contributed by atoms with Crippen LogP contribution in [0.15, 0.2) is 0 Å². The van der Waals surface area contributed by atoms with E-state index in [9.17, 15) is 9.59 Å². The third-order valence-corrected chi connectivity index (χ3v) is 1.13. The van der Waals surface area contributed by atoms with Gasteiger partial charge in [-0.05, 0) is 6.92 Å². The fourth-order valence-electron chi connectivity index (χ4n) is 0.364. The van der Waals surface area contributed by atoms with Crippen LogP contribution in [-0.4, -0.2) is 30.6 Å². The van der Waals surface area contributed by atoms with Crippen molar-refractivity contribution in [1.29, 1.82) is 0 Å². The minimum absolute atomic E-state index is 0.0644. The summed E-state index contributed by atoms with van der Waals surface area (Å²) in [4.78, 5) is 21.5. The molecule has 12 heavy (non-hydrogen) atoms. The maximum absolute atomic E-state index is 10.8. The van der Waals surface area contributed by atoms with E-state index in [0.717, 1.165) is 0 Å². The maximum atomic E-state index is 10.8. The number of hydrogen-bond acceptors (Lipinski definition) is 6. The molecule has 0 amide bonds. The van der Waals surface area contributed by atoms with Gasteiger partial charge in [-0.15, -0.1) is 0 Å². The molecule has 0 aromatic heterocycles. The van der Waals surface area contributed by atoms with E-state index in [1.165, 1.54) is 6.92 Å². The summed E-state index contributed by atoms with van der Waals surface area (Å²) in [5, 5.41) is 0. The lowest BCUT2D eigenvalue weighted by Crippen LogP contribution is -2.42. The van der Waals surface area contributed by atoms with Crippen LogP contribution in [0, 0.1) is 0 Å². The smallest absolute Gasteiger partial charge is 0.331 e. The van der Waals surface area contributed by atoms with Crippen LogP contribution < -0.4 is 17.2 Å². The van der Waals surface area contributed by atoms with Gasteiger partial charge in [-0.25, -0.2) is 9.59 Å². The van der Waals surface area contributed by atoms with Crippen molar-refractivity contribution in [2.75, 3.05) is 6.54 Å². The number of carbonyl (C=O) groups excluding carboxylic acids is 2. The highest BCUT2D eigenvalue weighted by Gasteiger charge is 2.19. The molecule has 0 aliphatic heterocycles. The van der Waals surface area contributed by atoms with E-state index < -0.39 is 24.0 Å². The lowest BCUT2D eigenvalue weighted by Gasteiger charge is -2.08. The van der Waals surface area contributed by atoms with Gasteiger partial charge in [0.05, 0.1) is 0 Å². The van der Waals surface area contributed by atoms with Gasteiger partial charge in [0.2, 0.25) is 0 Å². The van der Waals surface area contributed by atoms with Gasteiger partial charge in [0.15, 0.2) is 0 Å². The standard InChI is InChI=1S/C6H13N3O3/c1-3(8)5(10)12-6(11)4(9)2-7/h3-4H,2,7-9H2,1H3/t3-,4?/m0/s1. The Bertz CT molecular complexity index is 181. The fourth-order valence-corrected chi connectivity index (χ4v) is 0.364. The summed E-state index contributed by atoms with van der Waals surface area (Å²) in [5.41, 5.74) is 15.4. The van der Waals surface area contributed by atoms with Crippen molar-refractivity contribution in [3.63, 3.8) is 0 Å². The molecule has 0 aromatic carbocycles. The molecular weight excluding hydrogens is 162 g/mol. The second kappa shape index (κ2) is 4.81. The highest BCUT2D eigenvalue weighted by atomic mass is 16.6. The second-order valence-electron chi connectivity index (χ2n) is 2.37. The van der Waals surface area contributed by atoms with Crippen molar-refractivity contribution in [1.82, 2.24) is 0 Å². The van der Waals surface area contributed by atoms with E-state index in [1.54, 1.807) is 0 Å². The Morgan fingerprint density at radius 1 is 1.33 bits per heavy atom. The Kier molecular flexibility index (Phi) is 4.42. The van der Waals surface area contributed by atoms with Gasteiger partial charge in [0, 0.05) is 6.54 Å². The highest BCUT2D eigenvalue weighted by Crippen LogP contribution is 1.88. The summed E-state index contributed by atoms with van der Waals surface area (Å²) in [7, 11) is 0. The van der Waals surface area contributed by atoms with Crippen LogP contribution in [0.1, 0.15) is 6.92 Å². The summed E-state index contributed by atoms with van der Waals surface area (Å²) in [6, 6.07) is -1.80. The first kappa shape index (κ1) is 11.0. The number of nitrogens with two attached hydrogens (primary N) is 3. The zero-order chi connectivity index (χ0) is 9.72. The van der Waals surface area contributed by atoms with Gasteiger partial charge in [0.1, 0.15) is 12.1 Å². The molecule has 0 aliphatic rings. The average Bonchev–Trinajstić information content (AvgIpc) is 2.02. The zero-order valence-corrected chi connectivity index (χ0v) is 6.82. The molecule has 0 aromatic rings. The van der Waals surface area contributed by atoms with Crippen molar-refractivity contribution < 1.29 is 14.3 Å². The predicted octanol–water partition coefficient (Wildman–Crippen LogP) is -2.31. The largest absolute Gasteiger partial charge is 0.391 e. The van der Waals surface area contributed by atoms with Gasteiger partial charge in [-0.3, -0.25) is 0 Å². The molecule has 6 heteroatoms. The third kappa shape index (κ3) is 3.42. The average molecular weight is 175 g/mol. The molecule has 0 aliphatic carbocycles. The zero-order valence-electron chi connectivity index (χ0n) is 6.82. The molecule has 0 radical (unpaired) electrons. The van der Waals surface area contributed by atoms with Gasteiger partial charge in [0.25, 0.3) is 0 Å². The predicted molar refractivity (Wildman–Crippen MR) is 41.8 cm³/mol. The summed E-state index contributed by atoms with van der Waals surface area (Å²) >= 11 is 0. The van der Waals surface area contributed by atoms with Crippen LogP contribution in [-0.2, 0) is 14.3 Å². The molecule has 0 saturated carbocycles. The first-order chi connectivity index (χ1) is 5.49. The van der Waals surface area contributed by atoms with Crippen molar-refractivity contribution in [3.05, 3.63) is 0 Å². The molecule has 2 atom stereocenters. The van der Waals surface area contributed by atoms with Crippen molar-refractivity contribution in [3.8, 4) is 0 Å². The first-order valence-electron chi connectivity index (χ1n) is 3.45. The lowest BCUT2D eigenvalue weighted by molar-refractivity contribution is -0.161. The van der Waals surface area contributed by atoms with E-state index in [0.29, 0.717) is 0 Å². The Morgan fingerprint density at radius 2 is 1.83 bits per heavy atom. The van der Waals surface area contributed by atoms with Gasteiger partial charge in [-0.1, -0.05) is 0 Å². The van der Waals surface area contributed by atoms with Crippen LogP contribution in [0.2, 0.25) is 0 Å². The quantitative estimate of drug-likeness (QED) is 0.327. The van der Waals surface area contributed by atoms with Gasteiger partial charge >= 0.3 is 11.9 Å². The van der Waals surface area contributed by atoms with E-state index in [2.05, 4.69) is 4.74 Å². The number of ether oxygens (including phenoxy) is 1. The maximum Gasteiger partial charge on any atom is 0.331 e. The van der Waals surface area contributed by atoms with Crippen molar-refractivity contribution in [2.45, 2.75) is 19.0 Å². The molecule has 1 unspecified atom stereocenters. The van der Waals surface area contributed by atoms with Crippen LogP contribution in [0.4, 0.5) is 0 Å². The molecule has 70 valence electrons. The summed E-state index contributed by atoms with van der Waals surface area (Å²) in [6.45, 7) is 1.34. The van der Waals surface area contributed by atoms with Crippen molar-refractivity contribution >= 4 is 11.9 Å². The van der Waals surface area contributed by atoms with Gasteiger partial charge < -0.3 is 21.9 Å². The molecule has 6 nitrogen and oxygen atoms in total. The Morgan fingerprint density at radius 3 is 2.17 bits per heavy atom. The molecule has 0 bridgehead atoms. The Hall–Kier alpha value is -0.980. The minimum atomic E-state index is -0.965. The number of hydrogen-bond donors (Lipinski definition) is 3. The lowest BCUT2D eigenvalue weighted by atomic mass is 10.3. The van der Waals surface area contributed by atoms with Gasteiger partial charge in [-0.2, -0.15) is 0 Å². The van der Waals surface area contributed by atoms with Crippen LogP contribution >= 0.6 is 0 Å². The topological polar surface area (TPSA) is 121 Å². The summed E-state index contributed by atoms with van der Waals surface area (Å²) in [6.07, 6.45) is 0. The van der Waals surface area contributed by atoms with Crippen LogP contribution in [0.5, 0.6) is 0 Å². The van der Waals surface area contributed by atoms with Crippen molar-refractivity contribution in [2.24, 2.45) is 17.2 Å². The normalized spacial score (nSPS) is 15.0. The van der Waals surface area contributed by atoms with E-state index >= 15 is 0 Å². The summed E-state index contributed by atoms with van der Waals surface area (Å²) in [5.74, 6) is -1.65. The first-order valence-corrected chi connectivity index (χ1v) is 3.45. The Labute approximate surface area is 70.0 Å². The third-order valence-electron chi connectivity index (χ3n) is 1.13. The number of carbonyl (C=O) groups is 2. The van der Waals surface area contributed by atoms with Crippen LogP contribution in [0.25, 0.3) is 0 Å². The summed E-state index contributed by atoms with van der Waals surface area (Å²) < 4.78 is 4.26. The molecule has 0 saturated heterocycles. The SMILES string of the molecule is C[C@H](N)C(=O)OC(=O)C(N)CN. The number of esters is 2. The second-order valence-corrected chi connectivity index (χ2v) is 2.37. The molecule has 6 N–H and O–H groups in total. The van der Waals surface area contributed by atoms with Crippen LogP contribution in [0.3, 0.4) is 0 Å². The van der Waals surface area contributed by atoms with E-state index in [-0.39, 0.29) is 6.54 Å². The molecule has 0 heterocycles. The molecular formula is C6H13N3O3. The Balaban J connectivity index is 3.93. The molecule has 0 rings (SSSR count). The monoisotopic (exact) mass is 175 g/mol. The van der Waals surface area contributed by atoms with E-state index in [4.69, 9.17) is 17.2 Å². The highest BCUT2D eigenvalue weighted by molar-refractivity contribution is 5.90.